The number of hydrogen-bond acceptors (Lipinski definition) is 5. The number of furan rings is 1. The van der Waals surface area contributed by atoms with Gasteiger partial charge in [0.2, 0.25) is 0 Å². The van der Waals surface area contributed by atoms with Crippen LogP contribution in [0.1, 0.15) is 42.4 Å². The van der Waals surface area contributed by atoms with Crippen LogP contribution in [0.5, 0.6) is 0 Å². The van der Waals surface area contributed by atoms with Gasteiger partial charge in [-0.3, -0.25) is 19.4 Å². The van der Waals surface area contributed by atoms with Crippen molar-refractivity contribution in [1.82, 2.24) is 19.3 Å². The minimum absolute atomic E-state index is 0.0241. The Morgan fingerprint density at radius 2 is 2.14 bits per heavy atom. The highest BCUT2D eigenvalue weighted by Crippen LogP contribution is 2.16. The second-order valence-corrected chi connectivity index (χ2v) is 6.88. The number of amides is 1. The smallest absolute Gasteiger partial charge is 0.267 e. The molecule has 0 unspecified atom stereocenters. The predicted octanol–water partition coefficient (Wildman–Crippen LogP) is 2.62. The van der Waals surface area contributed by atoms with E-state index in [4.69, 9.17) is 9.83 Å². The van der Waals surface area contributed by atoms with Gasteiger partial charge >= 0.3 is 0 Å². The van der Waals surface area contributed by atoms with Gasteiger partial charge in [-0.05, 0) is 43.7 Å². The van der Waals surface area contributed by atoms with Gasteiger partial charge in [-0.15, -0.1) is 0 Å². The molecule has 4 rings (SSSR count). The maximum absolute atomic E-state index is 13.1. The van der Waals surface area contributed by atoms with Gasteiger partial charge in [-0.25, -0.2) is 4.98 Å². The molecular formula is C21H21N5O3. The lowest BCUT2D eigenvalue weighted by molar-refractivity contribution is 0.0945. The highest BCUT2D eigenvalue weighted by Gasteiger charge is 2.19. The van der Waals surface area contributed by atoms with E-state index in [9.17, 15) is 9.59 Å². The quantitative estimate of drug-likeness (QED) is 0.510. The first-order valence-electron chi connectivity index (χ1n) is 9.43. The molecule has 8 nitrogen and oxygen atoms in total. The van der Waals surface area contributed by atoms with Crippen LogP contribution in [0.15, 0.2) is 58.1 Å². The van der Waals surface area contributed by atoms with Gasteiger partial charge in [0.15, 0.2) is 0 Å². The Morgan fingerprint density at radius 1 is 1.31 bits per heavy atom. The summed E-state index contributed by atoms with van der Waals surface area (Å²) >= 11 is 0. The Kier molecular flexibility index (Phi) is 4.75. The first-order chi connectivity index (χ1) is 14.0. The number of rotatable bonds is 5. The maximum atomic E-state index is 13.1. The third kappa shape index (κ3) is 3.22. The highest BCUT2D eigenvalue weighted by molar-refractivity contribution is 5.96. The Morgan fingerprint density at radius 3 is 2.86 bits per heavy atom. The standard InChI is InChI=1S/C21H21N5O3/c1-3-13(2)26-18(22)15(20(27)23-12-14-7-6-10-29-14)11-16-19(26)24-17-8-4-5-9-25(17)21(16)28/h4-11,13,22H,3,12H2,1-2H3,(H,23,27)/t13-/m0/s1. The Bertz CT molecular complexity index is 1320. The molecule has 8 heteroatoms. The van der Waals surface area contributed by atoms with Crippen LogP contribution in [0.25, 0.3) is 16.7 Å². The van der Waals surface area contributed by atoms with Gasteiger partial charge in [0, 0.05) is 12.2 Å². The Labute approximate surface area is 165 Å². The summed E-state index contributed by atoms with van der Waals surface area (Å²) in [6, 6.07) is 10.1. The third-order valence-electron chi connectivity index (χ3n) is 5.04. The van der Waals surface area contributed by atoms with Crippen LogP contribution in [0, 0.1) is 5.41 Å². The van der Waals surface area contributed by atoms with Crippen LogP contribution in [-0.4, -0.2) is 19.9 Å². The molecular weight excluding hydrogens is 370 g/mol. The van der Waals surface area contributed by atoms with Crippen molar-refractivity contribution in [3.05, 3.63) is 76.0 Å². The molecule has 0 aromatic carbocycles. The van der Waals surface area contributed by atoms with Gasteiger partial charge in [-0.2, -0.15) is 0 Å². The SMILES string of the molecule is CC[C@H](C)n1c(=N)c(C(=O)NCc2ccco2)cc2c(=O)n3ccccc3nc21. The molecule has 1 amide bonds. The molecule has 0 aliphatic heterocycles. The van der Waals surface area contributed by atoms with E-state index in [-0.39, 0.29) is 29.2 Å². The largest absolute Gasteiger partial charge is 0.467 e. The average Bonchev–Trinajstić information content (AvgIpc) is 3.25. The molecule has 1 atom stereocenters. The topological polar surface area (TPSA) is 105 Å². The summed E-state index contributed by atoms with van der Waals surface area (Å²) in [7, 11) is 0. The zero-order chi connectivity index (χ0) is 20.5. The van der Waals surface area contributed by atoms with Gasteiger partial charge in [-0.1, -0.05) is 13.0 Å². The fraction of sp³-hybridized carbons (Fsp3) is 0.238. The van der Waals surface area contributed by atoms with E-state index in [0.29, 0.717) is 22.4 Å². The fourth-order valence-corrected chi connectivity index (χ4v) is 3.31. The summed E-state index contributed by atoms with van der Waals surface area (Å²) in [4.78, 5) is 30.5. The minimum atomic E-state index is -0.442. The second-order valence-electron chi connectivity index (χ2n) is 6.88. The summed E-state index contributed by atoms with van der Waals surface area (Å²) < 4.78 is 8.34. The van der Waals surface area contributed by atoms with E-state index >= 15 is 0 Å². The zero-order valence-corrected chi connectivity index (χ0v) is 16.2. The molecule has 0 aliphatic rings. The van der Waals surface area contributed by atoms with Crippen molar-refractivity contribution in [2.24, 2.45) is 0 Å². The molecule has 4 aromatic rings. The number of nitrogens with one attached hydrogen (secondary N) is 2. The van der Waals surface area contributed by atoms with Crippen molar-refractivity contribution in [1.29, 1.82) is 5.41 Å². The fourth-order valence-electron chi connectivity index (χ4n) is 3.31. The maximum Gasteiger partial charge on any atom is 0.267 e. The van der Waals surface area contributed by atoms with E-state index in [1.54, 1.807) is 41.1 Å². The summed E-state index contributed by atoms with van der Waals surface area (Å²) in [5, 5.41) is 11.7. The minimum Gasteiger partial charge on any atom is -0.467 e. The lowest BCUT2D eigenvalue weighted by Gasteiger charge is -2.19. The van der Waals surface area contributed by atoms with Crippen LogP contribution < -0.4 is 16.4 Å². The molecule has 4 aromatic heterocycles. The molecule has 0 spiro atoms. The molecule has 29 heavy (non-hydrogen) atoms. The Hall–Kier alpha value is -3.68. The molecule has 0 saturated heterocycles. The summed E-state index contributed by atoms with van der Waals surface area (Å²) in [6.45, 7) is 4.12. The monoisotopic (exact) mass is 391 g/mol. The van der Waals surface area contributed by atoms with Crippen molar-refractivity contribution < 1.29 is 9.21 Å². The van der Waals surface area contributed by atoms with Crippen LogP contribution in [0.4, 0.5) is 0 Å². The normalized spacial score (nSPS) is 12.3. The lowest BCUT2D eigenvalue weighted by atomic mass is 10.1. The Balaban J connectivity index is 1.93. The van der Waals surface area contributed by atoms with Gasteiger partial charge in [0.1, 0.15) is 22.5 Å². The summed E-state index contributed by atoms with van der Waals surface area (Å²) in [5.74, 6) is 0.163. The highest BCUT2D eigenvalue weighted by atomic mass is 16.3. The van der Waals surface area contributed by atoms with Crippen molar-refractivity contribution in [2.75, 3.05) is 0 Å². The van der Waals surface area contributed by atoms with E-state index in [2.05, 4.69) is 10.3 Å². The van der Waals surface area contributed by atoms with Crippen molar-refractivity contribution >= 4 is 22.6 Å². The average molecular weight is 391 g/mol. The van der Waals surface area contributed by atoms with Crippen LogP contribution in [0.3, 0.4) is 0 Å². The van der Waals surface area contributed by atoms with Crippen molar-refractivity contribution in [3.63, 3.8) is 0 Å². The zero-order valence-electron chi connectivity index (χ0n) is 16.2. The first kappa shape index (κ1) is 18.7. The van der Waals surface area contributed by atoms with Gasteiger partial charge in [0.25, 0.3) is 11.5 Å². The predicted molar refractivity (Wildman–Crippen MR) is 108 cm³/mol. The number of hydrogen-bond donors (Lipinski definition) is 2. The number of carbonyl (C=O) groups is 1. The number of nitrogens with zero attached hydrogens (tertiary/aromatic N) is 3. The number of aromatic nitrogens is 3. The molecule has 0 saturated carbocycles. The molecule has 0 fully saturated rings. The van der Waals surface area contributed by atoms with E-state index in [1.165, 1.54) is 16.7 Å². The molecule has 148 valence electrons. The number of fused-ring (bicyclic) bond motifs is 2. The van der Waals surface area contributed by atoms with Crippen LogP contribution >= 0.6 is 0 Å². The molecule has 0 bridgehead atoms. The summed E-state index contributed by atoms with van der Waals surface area (Å²) in [5.41, 5.74) is 0.775. The molecule has 4 heterocycles. The molecule has 2 N–H and O–H groups in total. The van der Waals surface area contributed by atoms with E-state index in [0.717, 1.165) is 6.42 Å². The van der Waals surface area contributed by atoms with Crippen LogP contribution in [0.2, 0.25) is 0 Å². The number of carbonyl (C=O) groups excluding carboxylic acids is 1. The van der Waals surface area contributed by atoms with E-state index < -0.39 is 5.91 Å². The first-order valence-corrected chi connectivity index (χ1v) is 9.43. The number of pyridine rings is 2. The van der Waals surface area contributed by atoms with Gasteiger partial charge < -0.3 is 14.3 Å². The molecule has 0 radical (unpaired) electrons. The van der Waals surface area contributed by atoms with Crippen molar-refractivity contribution in [3.8, 4) is 0 Å². The van der Waals surface area contributed by atoms with Gasteiger partial charge in [0.05, 0.1) is 23.8 Å². The van der Waals surface area contributed by atoms with Crippen molar-refractivity contribution in [2.45, 2.75) is 32.9 Å². The third-order valence-corrected chi connectivity index (χ3v) is 5.04. The lowest BCUT2D eigenvalue weighted by Crippen LogP contribution is -2.35. The van der Waals surface area contributed by atoms with E-state index in [1.807, 2.05) is 13.8 Å². The molecule has 0 aliphatic carbocycles. The van der Waals surface area contributed by atoms with Crippen LogP contribution in [-0.2, 0) is 6.54 Å². The summed E-state index contributed by atoms with van der Waals surface area (Å²) in [6.07, 6.45) is 3.89. The second kappa shape index (κ2) is 7.38.